The summed E-state index contributed by atoms with van der Waals surface area (Å²) in [4.78, 5) is 15.9. The lowest BCUT2D eigenvalue weighted by Gasteiger charge is -2.19. The first kappa shape index (κ1) is 12.8. The van der Waals surface area contributed by atoms with Crippen LogP contribution in [0.2, 0.25) is 0 Å². The minimum absolute atomic E-state index is 0.232. The smallest absolute Gasteiger partial charge is 0.423 e. The molecule has 0 radical (unpaired) electrons. The first-order valence-electron chi connectivity index (χ1n) is 6.38. The van der Waals surface area contributed by atoms with Gasteiger partial charge >= 0.3 is 7.12 Å². The van der Waals surface area contributed by atoms with Gasteiger partial charge in [-0.3, -0.25) is 9.78 Å². The van der Waals surface area contributed by atoms with Crippen LogP contribution in [-0.2, 0) is 11.1 Å². The number of rotatable bonds is 2. The molecule has 2 N–H and O–H groups in total. The number of nitrogens with zero attached hydrogens (tertiary/aromatic N) is 1. The molecular weight excluding hydrogens is 255 g/mol. The van der Waals surface area contributed by atoms with Crippen LogP contribution in [0, 0.1) is 0 Å². The van der Waals surface area contributed by atoms with Gasteiger partial charge in [0.05, 0.1) is 5.56 Å². The Morgan fingerprint density at radius 1 is 1.40 bits per heavy atom. The van der Waals surface area contributed by atoms with E-state index in [0.29, 0.717) is 23.3 Å². The maximum atomic E-state index is 12.0. The zero-order valence-electron chi connectivity index (χ0n) is 10.7. The Kier molecular flexibility index (Phi) is 3.49. The molecule has 6 heteroatoms. The molecule has 0 saturated heterocycles. The summed E-state index contributed by atoms with van der Waals surface area (Å²) in [5.74, 6) is -0.232. The molecule has 3 rings (SSSR count). The lowest BCUT2D eigenvalue weighted by atomic mass is 9.73. The Labute approximate surface area is 116 Å². The molecule has 0 spiro atoms. The number of hydrogen-bond acceptors (Lipinski definition) is 4. The Morgan fingerprint density at radius 2 is 2.30 bits per heavy atom. The van der Waals surface area contributed by atoms with Crippen LogP contribution in [0.15, 0.2) is 42.7 Å². The van der Waals surface area contributed by atoms with E-state index < -0.39 is 7.12 Å². The highest BCUT2D eigenvalue weighted by Gasteiger charge is 2.25. The second-order valence-corrected chi connectivity index (χ2v) is 4.58. The van der Waals surface area contributed by atoms with Gasteiger partial charge in [-0.25, -0.2) is 0 Å². The zero-order valence-corrected chi connectivity index (χ0v) is 10.7. The number of fused-ring (bicyclic) bond motifs is 1. The van der Waals surface area contributed by atoms with Crippen molar-refractivity contribution in [2.75, 3.05) is 11.9 Å². The number of amides is 1. The van der Waals surface area contributed by atoms with Crippen molar-refractivity contribution in [2.24, 2.45) is 0 Å². The van der Waals surface area contributed by atoms with Crippen LogP contribution in [0.5, 0.6) is 0 Å². The number of pyridine rings is 1. The molecule has 5 nitrogen and oxygen atoms in total. The van der Waals surface area contributed by atoms with Crippen LogP contribution in [0.4, 0.5) is 5.69 Å². The number of anilines is 1. The third-order valence-electron chi connectivity index (χ3n) is 3.24. The molecule has 1 aromatic carbocycles. The second kappa shape index (κ2) is 5.44. The van der Waals surface area contributed by atoms with Crippen molar-refractivity contribution in [3.05, 3.63) is 53.9 Å². The van der Waals surface area contributed by atoms with Gasteiger partial charge in [0.2, 0.25) is 0 Å². The molecule has 1 amide bonds. The predicted molar refractivity (Wildman–Crippen MR) is 75.9 cm³/mol. The van der Waals surface area contributed by atoms with Gasteiger partial charge in [-0.2, -0.15) is 0 Å². The van der Waals surface area contributed by atoms with Gasteiger partial charge < -0.3 is 15.0 Å². The minimum Gasteiger partial charge on any atom is -0.423 e. The SMILES string of the molecule is O=C(Nc1ccc2c(c1)B(O)OCC2)c1cccnc1. The van der Waals surface area contributed by atoms with Crippen LogP contribution in [0.3, 0.4) is 0 Å². The molecule has 1 aliphatic heterocycles. The number of nitrogens with one attached hydrogen (secondary N) is 1. The van der Waals surface area contributed by atoms with Gasteiger partial charge in [-0.05, 0) is 41.7 Å². The first-order chi connectivity index (χ1) is 9.74. The summed E-state index contributed by atoms with van der Waals surface area (Å²) in [6.45, 7) is 0.509. The molecule has 100 valence electrons. The van der Waals surface area contributed by atoms with Gasteiger partial charge in [-0.15, -0.1) is 0 Å². The fourth-order valence-electron chi connectivity index (χ4n) is 2.20. The van der Waals surface area contributed by atoms with Crippen molar-refractivity contribution in [1.82, 2.24) is 4.98 Å². The number of benzene rings is 1. The summed E-state index contributed by atoms with van der Waals surface area (Å²) in [7, 11) is -0.922. The van der Waals surface area contributed by atoms with E-state index in [0.717, 1.165) is 12.0 Å². The average Bonchev–Trinajstić information content (AvgIpc) is 2.49. The quantitative estimate of drug-likeness (QED) is 0.782. The Hall–Kier alpha value is -2.18. The summed E-state index contributed by atoms with van der Waals surface area (Å²) in [6, 6.07) is 8.87. The molecule has 0 aliphatic carbocycles. The predicted octanol–water partition coefficient (Wildman–Crippen LogP) is 0.594. The maximum absolute atomic E-state index is 12.0. The van der Waals surface area contributed by atoms with Crippen LogP contribution >= 0.6 is 0 Å². The van der Waals surface area contributed by atoms with E-state index in [1.165, 1.54) is 6.20 Å². The van der Waals surface area contributed by atoms with E-state index in [4.69, 9.17) is 4.65 Å². The highest BCUT2D eigenvalue weighted by atomic mass is 16.5. The van der Waals surface area contributed by atoms with Crippen molar-refractivity contribution < 1.29 is 14.5 Å². The van der Waals surface area contributed by atoms with E-state index in [2.05, 4.69) is 10.3 Å². The molecule has 2 aromatic rings. The molecule has 0 saturated carbocycles. The van der Waals surface area contributed by atoms with E-state index in [-0.39, 0.29) is 5.91 Å². The monoisotopic (exact) mass is 268 g/mol. The highest BCUT2D eigenvalue weighted by molar-refractivity contribution is 6.61. The number of aromatic nitrogens is 1. The van der Waals surface area contributed by atoms with E-state index >= 15 is 0 Å². The molecule has 1 aromatic heterocycles. The lowest BCUT2D eigenvalue weighted by molar-refractivity contribution is 0.102. The number of carbonyl (C=O) groups is 1. The van der Waals surface area contributed by atoms with Crippen LogP contribution in [0.1, 0.15) is 15.9 Å². The van der Waals surface area contributed by atoms with Crippen LogP contribution in [0.25, 0.3) is 0 Å². The number of carbonyl (C=O) groups excluding carboxylic acids is 1. The molecule has 0 fully saturated rings. The molecule has 20 heavy (non-hydrogen) atoms. The van der Waals surface area contributed by atoms with Crippen molar-refractivity contribution in [3.63, 3.8) is 0 Å². The van der Waals surface area contributed by atoms with Crippen molar-refractivity contribution in [1.29, 1.82) is 0 Å². The van der Waals surface area contributed by atoms with Gasteiger partial charge in [0, 0.05) is 24.7 Å². The fourth-order valence-corrected chi connectivity index (χ4v) is 2.20. The van der Waals surface area contributed by atoms with Crippen molar-refractivity contribution >= 4 is 24.2 Å². The summed E-state index contributed by atoms with van der Waals surface area (Å²) >= 11 is 0. The van der Waals surface area contributed by atoms with Crippen molar-refractivity contribution in [3.8, 4) is 0 Å². The highest BCUT2D eigenvalue weighted by Crippen LogP contribution is 2.13. The van der Waals surface area contributed by atoms with Crippen LogP contribution < -0.4 is 10.8 Å². The molecule has 0 bridgehead atoms. The van der Waals surface area contributed by atoms with Crippen LogP contribution in [-0.4, -0.2) is 29.6 Å². The largest absolute Gasteiger partial charge is 0.491 e. The standard InChI is InChI=1S/C14H13BN2O3/c18-14(11-2-1-6-16-9-11)17-12-4-3-10-5-7-20-15(19)13(10)8-12/h1-4,6,8-9,19H,5,7H2,(H,17,18). The van der Waals surface area contributed by atoms with E-state index in [9.17, 15) is 9.82 Å². The average molecular weight is 268 g/mol. The number of hydrogen-bond donors (Lipinski definition) is 2. The normalized spacial score (nSPS) is 13.8. The minimum atomic E-state index is -0.922. The Morgan fingerprint density at radius 3 is 3.10 bits per heavy atom. The van der Waals surface area contributed by atoms with Gasteiger partial charge in [0.25, 0.3) is 5.91 Å². The van der Waals surface area contributed by atoms with E-state index in [1.807, 2.05) is 12.1 Å². The Balaban J connectivity index is 1.82. The van der Waals surface area contributed by atoms with Gasteiger partial charge in [-0.1, -0.05) is 6.07 Å². The van der Waals surface area contributed by atoms with E-state index in [1.54, 1.807) is 24.4 Å². The molecule has 2 heterocycles. The lowest BCUT2D eigenvalue weighted by Crippen LogP contribution is -2.41. The maximum Gasteiger partial charge on any atom is 0.491 e. The van der Waals surface area contributed by atoms with Gasteiger partial charge in [0.1, 0.15) is 0 Å². The molecular formula is C14H13BN2O3. The summed E-state index contributed by atoms with van der Waals surface area (Å²) < 4.78 is 5.18. The summed E-state index contributed by atoms with van der Waals surface area (Å²) in [5.41, 5.74) is 2.87. The molecule has 0 unspecified atom stereocenters. The second-order valence-electron chi connectivity index (χ2n) is 4.58. The topological polar surface area (TPSA) is 71.5 Å². The molecule has 1 aliphatic rings. The van der Waals surface area contributed by atoms with Gasteiger partial charge in [0.15, 0.2) is 0 Å². The zero-order chi connectivity index (χ0) is 13.9. The fraction of sp³-hybridized carbons (Fsp3) is 0.143. The third kappa shape index (κ3) is 2.56. The Bertz CT molecular complexity index is 634. The third-order valence-corrected chi connectivity index (χ3v) is 3.24. The molecule has 0 atom stereocenters. The summed E-state index contributed by atoms with van der Waals surface area (Å²) in [5, 5.41) is 12.6. The first-order valence-corrected chi connectivity index (χ1v) is 6.38. The van der Waals surface area contributed by atoms with Crippen molar-refractivity contribution in [2.45, 2.75) is 6.42 Å². The summed E-state index contributed by atoms with van der Waals surface area (Å²) in [6.07, 6.45) is 3.89.